The minimum Gasteiger partial charge on any atom is -0.493 e. The van der Waals surface area contributed by atoms with Crippen LogP contribution in [0.2, 0.25) is 0 Å². The van der Waals surface area contributed by atoms with E-state index in [2.05, 4.69) is 20.5 Å². The minimum absolute atomic E-state index is 0.0326. The van der Waals surface area contributed by atoms with Crippen LogP contribution in [0.1, 0.15) is 12.1 Å². The Bertz CT molecular complexity index is 1070. The van der Waals surface area contributed by atoms with E-state index < -0.39 is 5.56 Å². The van der Waals surface area contributed by atoms with Crippen LogP contribution in [-0.4, -0.2) is 35.3 Å². The molecule has 1 amide bonds. The lowest BCUT2D eigenvalue weighted by Gasteiger charge is -2.09. The van der Waals surface area contributed by atoms with Crippen molar-refractivity contribution >= 4 is 11.6 Å². The van der Waals surface area contributed by atoms with Gasteiger partial charge in [-0.1, -0.05) is 0 Å². The maximum atomic E-state index is 12.9. The van der Waals surface area contributed by atoms with Crippen molar-refractivity contribution in [2.24, 2.45) is 0 Å². The van der Waals surface area contributed by atoms with Crippen LogP contribution in [0.4, 0.5) is 10.1 Å². The second kappa shape index (κ2) is 8.96. The molecule has 0 atom stereocenters. The van der Waals surface area contributed by atoms with Gasteiger partial charge in [-0.3, -0.25) is 9.59 Å². The number of benzene rings is 2. The van der Waals surface area contributed by atoms with Gasteiger partial charge >= 0.3 is 0 Å². The van der Waals surface area contributed by atoms with Crippen LogP contribution in [-0.2, 0) is 11.2 Å². The molecular formula is C20H19FN4O4. The summed E-state index contributed by atoms with van der Waals surface area (Å²) in [5.74, 6) is 0.612. The second-order valence-corrected chi connectivity index (χ2v) is 6.07. The first-order valence-corrected chi connectivity index (χ1v) is 8.74. The van der Waals surface area contributed by atoms with Crippen LogP contribution in [0.25, 0.3) is 11.4 Å². The lowest BCUT2D eigenvalue weighted by atomic mass is 10.2. The zero-order valence-corrected chi connectivity index (χ0v) is 15.9. The van der Waals surface area contributed by atoms with Crippen LogP contribution in [0.5, 0.6) is 11.5 Å². The Morgan fingerprint density at radius 1 is 1.07 bits per heavy atom. The summed E-state index contributed by atoms with van der Waals surface area (Å²) in [5.41, 5.74) is 0.788. The molecule has 0 bridgehead atoms. The monoisotopic (exact) mass is 398 g/mol. The summed E-state index contributed by atoms with van der Waals surface area (Å²) in [7, 11) is 3.04. The Balaban J connectivity index is 1.67. The number of aromatic nitrogens is 3. The molecule has 0 fully saturated rings. The molecule has 0 aliphatic carbocycles. The van der Waals surface area contributed by atoms with Crippen LogP contribution in [0.15, 0.2) is 47.3 Å². The third kappa shape index (κ3) is 4.95. The van der Waals surface area contributed by atoms with Gasteiger partial charge in [0.25, 0.3) is 5.56 Å². The maximum Gasteiger partial charge on any atom is 0.273 e. The summed E-state index contributed by atoms with van der Waals surface area (Å²) >= 11 is 0. The number of aryl methyl sites for hydroxylation is 1. The molecule has 0 radical (unpaired) electrons. The third-order valence-electron chi connectivity index (χ3n) is 4.14. The smallest absolute Gasteiger partial charge is 0.273 e. The molecule has 29 heavy (non-hydrogen) atoms. The van der Waals surface area contributed by atoms with E-state index in [0.29, 0.717) is 22.7 Å². The summed E-state index contributed by atoms with van der Waals surface area (Å²) in [6, 6.07) is 10.5. The molecule has 0 aliphatic rings. The Morgan fingerprint density at radius 3 is 2.45 bits per heavy atom. The van der Waals surface area contributed by atoms with Crippen molar-refractivity contribution in [2.45, 2.75) is 12.8 Å². The normalized spacial score (nSPS) is 10.4. The van der Waals surface area contributed by atoms with Crippen molar-refractivity contribution in [3.05, 3.63) is 64.3 Å². The fourth-order valence-corrected chi connectivity index (χ4v) is 2.63. The largest absolute Gasteiger partial charge is 0.493 e. The number of carbonyl (C=O) groups excluding carboxylic acids is 1. The van der Waals surface area contributed by atoms with Crippen LogP contribution >= 0.6 is 0 Å². The van der Waals surface area contributed by atoms with Crippen molar-refractivity contribution in [3.8, 4) is 22.9 Å². The fourth-order valence-electron chi connectivity index (χ4n) is 2.63. The number of nitrogens with one attached hydrogen (secondary N) is 2. The number of carbonyl (C=O) groups is 1. The topological polar surface area (TPSA) is 106 Å². The number of hydrogen-bond acceptors (Lipinski definition) is 6. The Kier molecular flexibility index (Phi) is 6.18. The first kappa shape index (κ1) is 20.0. The van der Waals surface area contributed by atoms with Crippen molar-refractivity contribution in [1.82, 2.24) is 15.2 Å². The van der Waals surface area contributed by atoms with Crippen LogP contribution in [0.3, 0.4) is 0 Å². The molecule has 2 aromatic carbocycles. The first-order chi connectivity index (χ1) is 14.0. The van der Waals surface area contributed by atoms with E-state index in [1.165, 1.54) is 38.5 Å². The molecule has 0 aliphatic heterocycles. The van der Waals surface area contributed by atoms with Crippen molar-refractivity contribution in [3.63, 3.8) is 0 Å². The molecule has 2 N–H and O–H groups in total. The van der Waals surface area contributed by atoms with E-state index in [9.17, 15) is 14.0 Å². The Morgan fingerprint density at radius 2 is 1.79 bits per heavy atom. The molecule has 0 saturated carbocycles. The van der Waals surface area contributed by atoms with Gasteiger partial charge in [-0.2, -0.15) is 0 Å². The summed E-state index contributed by atoms with van der Waals surface area (Å²) in [4.78, 5) is 27.0. The first-order valence-electron chi connectivity index (χ1n) is 8.74. The van der Waals surface area contributed by atoms with Gasteiger partial charge in [0.05, 0.1) is 14.2 Å². The fraction of sp³-hybridized carbons (Fsp3) is 0.200. The second-order valence-electron chi connectivity index (χ2n) is 6.07. The average molecular weight is 398 g/mol. The average Bonchev–Trinajstić information content (AvgIpc) is 2.74. The summed E-state index contributed by atoms with van der Waals surface area (Å²) in [5, 5.41) is 10.6. The number of methoxy groups -OCH3 is 2. The molecular weight excluding hydrogens is 379 g/mol. The molecule has 150 valence electrons. The molecule has 0 spiro atoms. The van der Waals surface area contributed by atoms with Crippen LogP contribution in [0, 0.1) is 5.82 Å². The van der Waals surface area contributed by atoms with E-state index in [0.717, 1.165) is 0 Å². The molecule has 9 heteroatoms. The van der Waals surface area contributed by atoms with Crippen molar-refractivity contribution in [1.29, 1.82) is 0 Å². The minimum atomic E-state index is -0.431. The number of rotatable bonds is 7. The van der Waals surface area contributed by atoms with Crippen molar-refractivity contribution in [2.75, 3.05) is 19.5 Å². The van der Waals surface area contributed by atoms with Gasteiger partial charge in [-0.15, -0.1) is 10.2 Å². The van der Waals surface area contributed by atoms with E-state index in [-0.39, 0.29) is 36.1 Å². The number of halogens is 1. The number of ether oxygens (including phenoxy) is 2. The predicted octanol–water partition coefficient (Wildman–Crippen LogP) is 2.56. The lowest BCUT2D eigenvalue weighted by Crippen LogP contribution is -2.20. The number of anilines is 1. The molecule has 8 nitrogen and oxygen atoms in total. The van der Waals surface area contributed by atoms with Crippen LogP contribution < -0.4 is 20.3 Å². The van der Waals surface area contributed by atoms with Gasteiger partial charge in [0.15, 0.2) is 17.3 Å². The van der Waals surface area contributed by atoms with E-state index in [1.807, 2.05) is 0 Å². The number of nitrogens with zero attached hydrogens (tertiary/aromatic N) is 2. The number of H-pyrrole nitrogens is 1. The number of hydrogen-bond donors (Lipinski definition) is 2. The van der Waals surface area contributed by atoms with Gasteiger partial charge in [-0.25, -0.2) is 4.39 Å². The quantitative estimate of drug-likeness (QED) is 0.634. The predicted molar refractivity (Wildman–Crippen MR) is 105 cm³/mol. The SMILES string of the molecule is COc1ccc(-c2nnc(CCC(=O)Nc3ccc(F)cc3)c(=O)[nH]2)cc1OC. The lowest BCUT2D eigenvalue weighted by molar-refractivity contribution is -0.116. The summed E-state index contributed by atoms with van der Waals surface area (Å²) < 4.78 is 23.3. The van der Waals surface area contributed by atoms with E-state index >= 15 is 0 Å². The molecule has 3 aromatic rings. The highest BCUT2D eigenvalue weighted by Crippen LogP contribution is 2.30. The van der Waals surface area contributed by atoms with Gasteiger partial charge in [0.2, 0.25) is 5.91 Å². The highest BCUT2D eigenvalue weighted by molar-refractivity contribution is 5.90. The molecule has 0 unspecified atom stereocenters. The molecule has 1 aromatic heterocycles. The van der Waals surface area contributed by atoms with E-state index in [4.69, 9.17) is 9.47 Å². The summed E-state index contributed by atoms with van der Waals surface area (Å²) in [6.45, 7) is 0. The van der Waals surface area contributed by atoms with Gasteiger partial charge in [0.1, 0.15) is 11.5 Å². The standard InChI is InChI=1S/C20H19FN4O4/c1-28-16-9-3-12(11-17(16)29-2)19-23-20(27)15(24-25-19)8-10-18(26)22-14-6-4-13(21)5-7-14/h3-7,9,11H,8,10H2,1-2H3,(H,22,26)(H,23,25,27). The Labute approximate surface area is 165 Å². The molecule has 0 saturated heterocycles. The van der Waals surface area contributed by atoms with E-state index in [1.54, 1.807) is 18.2 Å². The zero-order valence-electron chi connectivity index (χ0n) is 15.9. The van der Waals surface area contributed by atoms with Gasteiger partial charge in [-0.05, 0) is 42.5 Å². The number of aromatic amines is 1. The zero-order chi connectivity index (χ0) is 20.8. The maximum absolute atomic E-state index is 12.9. The summed E-state index contributed by atoms with van der Waals surface area (Å²) in [6.07, 6.45) is 0.145. The highest BCUT2D eigenvalue weighted by atomic mass is 19.1. The molecule has 3 rings (SSSR count). The van der Waals surface area contributed by atoms with Gasteiger partial charge < -0.3 is 19.8 Å². The molecule has 1 heterocycles. The highest BCUT2D eigenvalue weighted by Gasteiger charge is 2.12. The van der Waals surface area contributed by atoms with Crippen molar-refractivity contribution < 1.29 is 18.7 Å². The number of amides is 1. The Hall–Kier alpha value is -3.75. The third-order valence-corrected chi connectivity index (χ3v) is 4.14. The van der Waals surface area contributed by atoms with Gasteiger partial charge in [0, 0.05) is 24.1 Å².